The number of hydrogen-bond donors (Lipinski definition) is 0. The fourth-order valence-corrected chi connectivity index (χ4v) is 6.00. The molecule has 5 nitrogen and oxygen atoms in total. The second kappa shape index (κ2) is 7.98. The Hall–Kier alpha value is 0.234. The van der Waals surface area contributed by atoms with Gasteiger partial charge in [-0.05, 0) is 36.3 Å². The molecule has 29 heavy (non-hydrogen) atoms. The van der Waals surface area contributed by atoms with Crippen LogP contribution in [0.5, 0.6) is 0 Å². The number of hydrogen-bond acceptors (Lipinski definition) is 5. The zero-order chi connectivity index (χ0) is 21.8. The summed E-state index contributed by atoms with van der Waals surface area (Å²) >= 11 is 0. The molecule has 0 aromatic heterocycles. The minimum Gasteiger partial charge on any atom is -0.414 e. The van der Waals surface area contributed by atoms with E-state index in [2.05, 4.69) is 67.7 Å². The second-order valence-electron chi connectivity index (χ2n) is 12.3. The third-order valence-corrected chi connectivity index (χ3v) is 16.9. The largest absolute Gasteiger partial charge is 0.414 e. The van der Waals surface area contributed by atoms with Crippen molar-refractivity contribution < 1.29 is 23.1 Å². The predicted octanol–water partition coefficient (Wildman–Crippen LogP) is 5.11. The van der Waals surface area contributed by atoms with Crippen molar-refractivity contribution in [2.45, 2.75) is 127 Å². The van der Waals surface area contributed by atoms with E-state index in [0.29, 0.717) is 19.3 Å². The van der Waals surface area contributed by atoms with Crippen LogP contribution in [0.1, 0.15) is 54.4 Å². The lowest BCUT2D eigenvalue weighted by Gasteiger charge is -2.47. The van der Waals surface area contributed by atoms with E-state index in [1.165, 1.54) is 0 Å². The maximum atomic E-state index is 6.87. The number of epoxide rings is 1. The molecule has 3 saturated heterocycles. The highest BCUT2D eigenvalue weighted by atomic mass is 28.4. The first-order valence-electron chi connectivity index (χ1n) is 11.3. The molecule has 0 amide bonds. The van der Waals surface area contributed by atoms with Crippen LogP contribution < -0.4 is 0 Å². The number of fused-ring (bicyclic) bond motifs is 2. The average molecular weight is 445 g/mol. The first kappa shape index (κ1) is 23.9. The molecule has 3 aliphatic rings. The molecule has 0 aromatic carbocycles. The molecule has 0 N–H and O–H groups in total. The molecule has 3 aliphatic heterocycles. The summed E-state index contributed by atoms with van der Waals surface area (Å²) in [6, 6.07) is 0. The zero-order valence-electron chi connectivity index (χ0n) is 20.3. The Kier molecular flexibility index (Phi) is 6.57. The minimum atomic E-state index is -1.92. The molecule has 3 fully saturated rings. The lowest BCUT2D eigenvalue weighted by molar-refractivity contribution is -0.189. The van der Waals surface area contributed by atoms with Crippen molar-refractivity contribution in [3.05, 3.63) is 0 Å². The van der Waals surface area contributed by atoms with Gasteiger partial charge in [0.15, 0.2) is 16.6 Å². The van der Waals surface area contributed by atoms with E-state index in [1.54, 1.807) is 0 Å². The van der Waals surface area contributed by atoms with Gasteiger partial charge in [0.2, 0.25) is 0 Å². The monoisotopic (exact) mass is 444 g/mol. The Morgan fingerprint density at radius 3 is 1.93 bits per heavy atom. The molecule has 170 valence electrons. The third kappa shape index (κ3) is 5.36. The lowest BCUT2D eigenvalue weighted by Crippen LogP contribution is -2.56. The van der Waals surface area contributed by atoms with Gasteiger partial charge in [-0.2, -0.15) is 0 Å². The van der Waals surface area contributed by atoms with Gasteiger partial charge in [0.05, 0.1) is 37.6 Å². The maximum absolute atomic E-state index is 6.87. The van der Waals surface area contributed by atoms with E-state index in [1.807, 2.05) is 0 Å². The number of ether oxygens (including phenoxy) is 3. The summed E-state index contributed by atoms with van der Waals surface area (Å²) in [7, 11) is -3.78. The van der Waals surface area contributed by atoms with Gasteiger partial charge in [-0.3, -0.25) is 0 Å². The molecule has 6 atom stereocenters. The van der Waals surface area contributed by atoms with Crippen molar-refractivity contribution in [3.63, 3.8) is 0 Å². The van der Waals surface area contributed by atoms with Crippen LogP contribution in [-0.2, 0) is 23.1 Å². The van der Waals surface area contributed by atoms with Crippen LogP contribution in [-0.4, -0.2) is 66.5 Å². The van der Waals surface area contributed by atoms with Crippen LogP contribution in [0.4, 0.5) is 0 Å². The maximum Gasteiger partial charge on any atom is 0.192 e. The molecular weight excluding hydrogens is 400 g/mol. The second-order valence-corrected chi connectivity index (χ2v) is 21.8. The molecule has 0 bridgehead atoms. The van der Waals surface area contributed by atoms with Gasteiger partial charge in [0.25, 0.3) is 0 Å². The highest BCUT2D eigenvalue weighted by Crippen LogP contribution is 2.43. The van der Waals surface area contributed by atoms with E-state index < -0.39 is 16.6 Å². The average Bonchev–Trinajstić information content (AvgIpc) is 3.29. The van der Waals surface area contributed by atoms with E-state index in [9.17, 15) is 0 Å². The molecule has 0 radical (unpaired) electrons. The first-order chi connectivity index (χ1) is 13.1. The van der Waals surface area contributed by atoms with Crippen LogP contribution in [0.3, 0.4) is 0 Å². The molecule has 3 heterocycles. The molecule has 0 aromatic rings. The van der Waals surface area contributed by atoms with E-state index in [4.69, 9.17) is 23.1 Å². The molecule has 0 spiro atoms. The fraction of sp³-hybridized carbons (Fsp3) is 1.00. The van der Waals surface area contributed by atoms with E-state index in [-0.39, 0.29) is 40.6 Å². The molecule has 0 saturated carbocycles. The topological polar surface area (TPSA) is 49.5 Å². The summed E-state index contributed by atoms with van der Waals surface area (Å²) in [6.07, 6.45) is 2.57. The standard InChI is InChI=1S/C22H44O5Si2/c1-21(2,3)28(7,8)24-14-20-18(27-29(9,10)22(4,5)6)11-15-16(25-20)12-17-19(26-17)13-23-15/h15-20H,11-14H2,1-10H3/t15-,16+,17-,18+,19+,20-/m1/s1. The number of rotatable bonds is 5. The Morgan fingerprint density at radius 1 is 0.759 bits per heavy atom. The predicted molar refractivity (Wildman–Crippen MR) is 122 cm³/mol. The third-order valence-electron chi connectivity index (χ3n) is 7.94. The van der Waals surface area contributed by atoms with Gasteiger partial charge >= 0.3 is 0 Å². The van der Waals surface area contributed by atoms with E-state index in [0.717, 1.165) is 12.8 Å². The van der Waals surface area contributed by atoms with Crippen LogP contribution in [0.15, 0.2) is 0 Å². The van der Waals surface area contributed by atoms with Gasteiger partial charge in [-0.15, -0.1) is 0 Å². The van der Waals surface area contributed by atoms with Crippen molar-refractivity contribution in [2.75, 3.05) is 13.2 Å². The smallest absolute Gasteiger partial charge is 0.192 e. The zero-order valence-corrected chi connectivity index (χ0v) is 22.3. The Bertz CT molecular complexity index is 581. The van der Waals surface area contributed by atoms with Crippen LogP contribution in [0.25, 0.3) is 0 Å². The fourth-order valence-electron chi connectivity index (χ4n) is 3.63. The van der Waals surface area contributed by atoms with E-state index >= 15 is 0 Å². The summed E-state index contributed by atoms with van der Waals surface area (Å²) in [5.74, 6) is 0. The van der Waals surface area contributed by atoms with Crippen LogP contribution in [0.2, 0.25) is 36.3 Å². The minimum absolute atomic E-state index is 0.0252. The quantitative estimate of drug-likeness (QED) is 0.435. The van der Waals surface area contributed by atoms with Gasteiger partial charge in [-0.1, -0.05) is 41.5 Å². The van der Waals surface area contributed by atoms with Crippen molar-refractivity contribution in [1.29, 1.82) is 0 Å². The van der Waals surface area contributed by atoms with Gasteiger partial charge in [0.1, 0.15) is 12.2 Å². The summed E-state index contributed by atoms with van der Waals surface area (Å²) in [5, 5.41) is 0.342. The van der Waals surface area contributed by atoms with Gasteiger partial charge < -0.3 is 23.1 Å². The molecule has 0 aliphatic carbocycles. The van der Waals surface area contributed by atoms with Crippen molar-refractivity contribution in [2.24, 2.45) is 0 Å². The first-order valence-corrected chi connectivity index (χ1v) is 17.2. The highest BCUT2D eigenvalue weighted by Gasteiger charge is 2.52. The molecule has 0 unspecified atom stereocenters. The SMILES string of the molecule is CC(C)(C)[Si](C)(C)OC[C@H]1O[C@H]2C[C@H]3O[C@H]3CO[C@@H]2C[C@@H]1O[Si](C)(C)C(C)(C)C. The van der Waals surface area contributed by atoms with Gasteiger partial charge in [0, 0.05) is 12.8 Å². The Balaban J connectivity index is 1.74. The summed E-state index contributed by atoms with van der Waals surface area (Å²) < 4.78 is 32.0. The molecular formula is C22H44O5Si2. The van der Waals surface area contributed by atoms with Gasteiger partial charge in [-0.25, -0.2) is 0 Å². The van der Waals surface area contributed by atoms with Crippen LogP contribution >= 0.6 is 0 Å². The Labute approximate surface area is 180 Å². The Morgan fingerprint density at radius 2 is 1.34 bits per heavy atom. The highest BCUT2D eigenvalue weighted by molar-refractivity contribution is 6.74. The molecule has 7 heteroatoms. The lowest BCUT2D eigenvalue weighted by atomic mass is 9.96. The summed E-state index contributed by atoms with van der Waals surface area (Å²) in [4.78, 5) is 0. The van der Waals surface area contributed by atoms with Crippen molar-refractivity contribution >= 4 is 16.6 Å². The summed E-state index contributed by atoms with van der Waals surface area (Å²) in [6.45, 7) is 24.3. The normalized spacial score (nSPS) is 36.2. The molecule has 3 rings (SSSR count). The summed E-state index contributed by atoms with van der Waals surface area (Å²) in [5.41, 5.74) is 0. The van der Waals surface area contributed by atoms with Crippen molar-refractivity contribution in [1.82, 2.24) is 0 Å². The van der Waals surface area contributed by atoms with Crippen molar-refractivity contribution in [3.8, 4) is 0 Å². The van der Waals surface area contributed by atoms with Crippen LogP contribution in [0, 0.1) is 0 Å².